The van der Waals surface area contributed by atoms with Crippen molar-refractivity contribution < 1.29 is 9.21 Å². The van der Waals surface area contributed by atoms with Crippen LogP contribution >= 0.6 is 0 Å². The van der Waals surface area contributed by atoms with E-state index in [-0.39, 0.29) is 5.91 Å². The molecule has 0 spiro atoms. The zero-order valence-electron chi connectivity index (χ0n) is 12.2. The molecule has 0 aliphatic rings. The van der Waals surface area contributed by atoms with Gasteiger partial charge in [-0.1, -0.05) is 25.8 Å². The van der Waals surface area contributed by atoms with Gasteiger partial charge in [0.25, 0.3) is 5.89 Å². The van der Waals surface area contributed by atoms with Crippen LogP contribution in [0.3, 0.4) is 0 Å². The smallest absolute Gasteiger partial charge is 0.266 e. The Labute approximate surface area is 124 Å². The molecule has 0 radical (unpaired) electrons. The van der Waals surface area contributed by atoms with E-state index in [4.69, 9.17) is 4.42 Å². The number of aryl methyl sites for hydroxylation is 1. The van der Waals surface area contributed by atoms with Crippen LogP contribution in [0.15, 0.2) is 28.8 Å². The lowest BCUT2D eigenvalue weighted by molar-refractivity contribution is -0.121. The second kappa shape index (κ2) is 8.14. The molecule has 2 heterocycles. The van der Waals surface area contributed by atoms with Gasteiger partial charge in [0.15, 0.2) is 0 Å². The first-order chi connectivity index (χ1) is 10.3. The molecule has 0 saturated heterocycles. The predicted molar refractivity (Wildman–Crippen MR) is 78.4 cm³/mol. The lowest BCUT2D eigenvalue weighted by Crippen LogP contribution is -2.24. The van der Waals surface area contributed by atoms with E-state index >= 15 is 0 Å². The van der Waals surface area contributed by atoms with Crippen LogP contribution in [0.4, 0.5) is 0 Å². The molecular formula is C15H20N4O2. The zero-order valence-corrected chi connectivity index (χ0v) is 12.2. The summed E-state index contributed by atoms with van der Waals surface area (Å²) in [5.74, 6) is 0.858. The number of hydrogen-bond acceptors (Lipinski definition) is 5. The van der Waals surface area contributed by atoms with Gasteiger partial charge in [-0.25, -0.2) is 0 Å². The van der Waals surface area contributed by atoms with Crippen LogP contribution in [0.25, 0.3) is 11.6 Å². The minimum Gasteiger partial charge on any atom is -0.419 e. The molecular weight excluding hydrogens is 268 g/mol. The Morgan fingerprint density at radius 1 is 1.29 bits per heavy atom. The average molecular weight is 288 g/mol. The molecule has 2 aromatic heterocycles. The minimum atomic E-state index is 0.0173. The summed E-state index contributed by atoms with van der Waals surface area (Å²) < 4.78 is 5.50. The molecule has 0 aliphatic carbocycles. The Kier molecular flexibility index (Phi) is 5.87. The summed E-state index contributed by atoms with van der Waals surface area (Å²) in [6, 6.07) is 5.48. The van der Waals surface area contributed by atoms with Crippen LogP contribution < -0.4 is 5.32 Å². The fraction of sp³-hybridized carbons (Fsp3) is 0.467. The summed E-state index contributed by atoms with van der Waals surface area (Å²) in [6.07, 6.45) is 5.77. The lowest BCUT2D eigenvalue weighted by atomic mass is 10.2. The van der Waals surface area contributed by atoms with Crippen molar-refractivity contribution in [3.63, 3.8) is 0 Å². The second-order valence-corrected chi connectivity index (χ2v) is 4.77. The standard InChI is InChI=1S/C15H20N4O2/c1-2-3-5-11-17-13(20)8-9-14-18-19-15(21-14)12-7-4-6-10-16-12/h4,6-7,10H,2-3,5,8-9,11H2,1H3,(H,17,20). The van der Waals surface area contributed by atoms with Crippen molar-refractivity contribution in [2.24, 2.45) is 0 Å². The van der Waals surface area contributed by atoms with Crippen molar-refractivity contribution in [2.45, 2.75) is 39.0 Å². The molecule has 0 fully saturated rings. The summed E-state index contributed by atoms with van der Waals surface area (Å²) >= 11 is 0. The van der Waals surface area contributed by atoms with Crippen molar-refractivity contribution in [3.05, 3.63) is 30.3 Å². The molecule has 6 nitrogen and oxygen atoms in total. The van der Waals surface area contributed by atoms with E-state index in [1.807, 2.05) is 12.1 Å². The number of nitrogens with one attached hydrogen (secondary N) is 1. The normalized spacial score (nSPS) is 10.5. The first kappa shape index (κ1) is 15.2. The summed E-state index contributed by atoms with van der Waals surface area (Å²) in [5.41, 5.74) is 0.639. The van der Waals surface area contributed by atoms with Crippen LogP contribution in [0.5, 0.6) is 0 Å². The average Bonchev–Trinajstić information content (AvgIpc) is 2.99. The number of hydrogen-bond donors (Lipinski definition) is 1. The Morgan fingerprint density at radius 3 is 2.95 bits per heavy atom. The molecule has 2 aromatic rings. The van der Waals surface area contributed by atoms with Gasteiger partial charge in [0.1, 0.15) is 5.69 Å². The molecule has 0 unspecified atom stereocenters. The van der Waals surface area contributed by atoms with Crippen LogP contribution in [0.1, 0.15) is 38.5 Å². The molecule has 6 heteroatoms. The number of pyridine rings is 1. The van der Waals surface area contributed by atoms with E-state index in [1.165, 1.54) is 0 Å². The fourth-order valence-corrected chi connectivity index (χ4v) is 1.86. The van der Waals surface area contributed by atoms with Gasteiger partial charge >= 0.3 is 0 Å². The quantitative estimate of drug-likeness (QED) is 0.754. The van der Waals surface area contributed by atoms with E-state index in [0.717, 1.165) is 25.8 Å². The Balaban J connectivity index is 1.77. The van der Waals surface area contributed by atoms with Crippen LogP contribution in [0.2, 0.25) is 0 Å². The van der Waals surface area contributed by atoms with Gasteiger partial charge < -0.3 is 9.73 Å². The number of unbranched alkanes of at least 4 members (excludes halogenated alkanes) is 2. The number of amides is 1. The molecule has 0 aliphatic heterocycles. The number of rotatable bonds is 8. The molecule has 0 atom stereocenters. The number of carbonyl (C=O) groups excluding carboxylic acids is 1. The number of carbonyl (C=O) groups is 1. The lowest BCUT2D eigenvalue weighted by Gasteiger charge is -2.02. The Bertz CT molecular complexity index is 554. The molecule has 112 valence electrons. The summed E-state index contributed by atoms with van der Waals surface area (Å²) in [6.45, 7) is 2.87. The summed E-state index contributed by atoms with van der Waals surface area (Å²) in [5, 5.41) is 10.8. The van der Waals surface area contributed by atoms with Crippen molar-refractivity contribution in [1.82, 2.24) is 20.5 Å². The van der Waals surface area contributed by atoms with Crippen LogP contribution in [-0.4, -0.2) is 27.6 Å². The maximum absolute atomic E-state index is 11.6. The largest absolute Gasteiger partial charge is 0.419 e. The van der Waals surface area contributed by atoms with Crippen LogP contribution in [-0.2, 0) is 11.2 Å². The molecule has 1 N–H and O–H groups in total. The first-order valence-electron chi connectivity index (χ1n) is 7.30. The highest BCUT2D eigenvalue weighted by atomic mass is 16.4. The number of aromatic nitrogens is 3. The monoisotopic (exact) mass is 288 g/mol. The van der Waals surface area contributed by atoms with Crippen molar-refractivity contribution >= 4 is 5.91 Å². The minimum absolute atomic E-state index is 0.0173. The third-order valence-electron chi connectivity index (χ3n) is 3.02. The maximum Gasteiger partial charge on any atom is 0.266 e. The highest BCUT2D eigenvalue weighted by molar-refractivity contribution is 5.75. The highest BCUT2D eigenvalue weighted by Gasteiger charge is 2.10. The number of nitrogens with zero attached hydrogens (tertiary/aromatic N) is 3. The first-order valence-corrected chi connectivity index (χ1v) is 7.30. The van der Waals surface area contributed by atoms with Crippen molar-refractivity contribution in [2.75, 3.05) is 6.54 Å². The maximum atomic E-state index is 11.6. The fourth-order valence-electron chi connectivity index (χ4n) is 1.86. The predicted octanol–water partition coefficient (Wildman–Crippen LogP) is 2.37. The second-order valence-electron chi connectivity index (χ2n) is 4.77. The zero-order chi connectivity index (χ0) is 14.9. The van der Waals surface area contributed by atoms with Gasteiger partial charge in [0, 0.05) is 25.6 Å². The van der Waals surface area contributed by atoms with Gasteiger partial charge in [-0.3, -0.25) is 9.78 Å². The SMILES string of the molecule is CCCCCNC(=O)CCc1nnc(-c2ccccn2)o1. The van der Waals surface area contributed by atoms with Crippen LogP contribution in [0, 0.1) is 0 Å². The molecule has 0 aromatic carbocycles. The van der Waals surface area contributed by atoms with Gasteiger partial charge in [-0.2, -0.15) is 0 Å². The van der Waals surface area contributed by atoms with Gasteiger partial charge in [-0.15, -0.1) is 10.2 Å². The third-order valence-corrected chi connectivity index (χ3v) is 3.02. The summed E-state index contributed by atoms with van der Waals surface area (Å²) in [4.78, 5) is 15.8. The van der Waals surface area contributed by atoms with E-state index in [2.05, 4.69) is 27.4 Å². The van der Waals surface area contributed by atoms with E-state index in [1.54, 1.807) is 12.3 Å². The topological polar surface area (TPSA) is 80.9 Å². The van der Waals surface area contributed by atoms with Gasteiger partial charge in [-0.05, 0) is 18.6 Å². The van der Waals surface area contributed by atoms with Crippen molar-refractivity contribution in [3.8, 4) is 11.6 Å². The molecule has 21 heavy (non-hydrogen) atoms. The third kappa shape index (κ3) is 4.98. The highest BCUT2D eigenvalue weighted by Crippen LogP contribution is 2.14. The van der Waals surface area contributed by atoms with Gasteiger partial charge in [0.2, 0.25) is 11.8 Å². The van der Waals surface area contributed by atoms with E-state index in [9.17, 15) is 4.79 Å². The molecule has 0 bridgehead atoms. The molecule has 2 rings (SSSR count). The van der Waals surface area contributed by atoms with Crippen molar-refractivity contribution in [1.29, 1.82) is 0 Å². The van der Waals surface area contributed by atoms with E-state index in [0.29, 0.717) is 30.3 Å². The Morgan fingerprint density at radius 2 is 2.19 bits per heavy atom. The summed E-state index contributed by atoms with van der Waals surface area (Å²) in [7, 11) is 0. The Hall–Kier alpha value is -2.24. The molecule has 0 saturated carbocycles. The molecule has 1 amide bonds. The van der Waals surface area contributed by atoms with Gasteiger partial charge in [0.05, 0.1) is 0 Å². The van der Waals surface area contributed by atoms with E-state index < -0.39 is 0 Å².